The molecule has 0 aromatic rings. The second kappa shape index (κ2) is 3.95. The number of amidine groups is 1. The van der Waals surface area contributed by atoms with Crippen LogP contribution < -0.4 is 0 Å². The topological polar surface area (TPSA) is 27.1 Å². The fraction of sp³-hybridized carbons (Fsp3) is 0.400. The molecule has 9 heavy (non-hydrogen) atoms. The van der Waals surface area contributed by atoms with E-state index in [-0.39, 0.29) is 17.0 Å². The van der Waals surface area contributed by atoms with Crippen LogP contribution >= 0.6 is 28.7 Å². The first-order chi connectivity index (χ1) is 3.80. The number of hydrogen-bond acceptors (Lipinski definition) is 2. The van der Waals surface area contributed by atoms with Gasteiger partial charge in [-0.15, -0.1) is 28.7 Å². The van der Waals surface area contributed by atoms with E-state index in [1.807, 2.05) is 23.6 Å². The average Bonchev–Trinajstić information content (AvgIpc) is 1.77. The molecule has 52 valence electrons. The molecule has 4 heteroatoms. The fourth-order valence-electron chi connectivity index (χ4n) is 0.453. The molecule has 0 spiro atoms. The van der Waals surface area contributed by atoms with Gasteiger partial charge in [-0.2, -0.15) is 0 Å². The highest BCUT2D eigenvalue weighted by atomic mass is 79.9. The zero-order valence-electron chi connectivity index (χ0n) is 5.13. The Hall–Kier alpha value is 0.0400. The van der Waals surface area contributed by atoms with Crippen LogP contribution in [0.5, 0.6) is 0 Å². The van der Waals surface area contributed by atoms with Gasteiger partial charge in [-0.1, -0.05) is 0 Å². The first-order valence-corrected chi connectivity index (χ1v) is 3.44. The molecule has 0 aromatic carbocycles. The summed E-state index contributed by atoms with van der Waals surface area (Å²) in [6.07, 6.45) is 1.90. The zero-order valence-corrected chi connectivity index (χ0v) is 7.66. The monoisotopic (exact) mass is 208 g/mol. The number of hydrogen-bond donors (Lipinski definition) is 1. The average molecular weight is 209 g/mol. The molecule has 2 nitrogen and oxygen atoms in total. The minimum absolute atomic E-state index is 0. The summed E-state index contributed by atoms with van der Waals surface area (Å²) >= 11 is 1.66. The summed E-state index contributed by atoms with van der Waals surface area (Å²) in [5.41, 5.74) is 0. The molecule has 0 bridgehead atoms. The highest BCUT2D eigenvalue weighted by Crippen LogP contribution is 2.09. The lowest BCUT2D eigenvalue weighted by molar-refractivity contribution is 0.678. The molecule has 1 aliphatic heterocycles. The molecule has 0 aromatic heterocycles. The molecule has 0 saturated carbocycles. The van der Waals surface area contributed by atoms with Crippen LogP contribution in [0.1, 0.15) is 0 Å². The number of halogens is 1. The van der Waals surface area contributed by atoms with Gasteiger partial charge >= 0.3 is 0 Å². The van der Waals surface area contributed by atoms with E-state index >= 15 is 0 Å². The van der Waals surface area contributed by atoms with Crippen molar-refractivity contribution in [2.75, 3.05) is 12.8 Å². The Morgan fingerprint density at radius 2 is 2.44 bits per heavy atom. The maximum absolute atomic E-state index is 7.25. The molecule has 0 fully saturated rings. The van der Waals surface area contributed by atoms with E-state index in [0.29, 0.717) is 5.84 Å². The van der Waals surface area contributed by atoms with Crippen LogP contribution in [0.2, 0.25) is 0 Å². The molecule has 0 aliphatic carbocycles. The third-order valence-electron chi connectivity index (χ3n) is 1.03. The Bertz CT molecular complexity index is 135. The molecule has 0 saturated heterocycles. The van der Waals surface area contributed by atoms with E-state index in [9.17, 15) is 0 Å². The molecule has 0 unspecified atom stereocenters. The second-order valence-electron chi connectivity index (χ2n) is 1.65. The first kappa shape index (κ1) is 9.04. The summed E-state index contributed by atoms with van der Waals surface area (Å²) in [4.78, 5) is 1.82. The summed E-state index contributed by atoms with van der Waals surface area (Å²) < 4.78 is 0. The summed E-state index contributed by atoms with van der Waals surface area (Å²) in [6.45, 7) is 0. The Balaban J connectivity index is 0.000000640. The van der Waals surface area contributed by atoms with Gasteiger partial charge in [0.15, 0.2) is 0 Å². The van der Waals surface area contributed by atoms with E-state index in [4.69, 9.17) is 5.41 Å². The van der Waals surface area contributed by atoms with Crippen molar-refractivity contribution in [1.29, 1.82) is 5.41 Å². The maximum Gasteiger partial charge on any atom is 0.110 e. The Morgan fingerprint density at radius 1 is 1.78 bits per heavy atom. The van der Waals surface area contributed by atoms with Crippen LogP contribution in [-0.4, -0.2) is 23.5 Å². The molecular weight excluding hydrogens is 200 g/mol. The van der Waals surface area contributed by atoms with Crippen LogP contribution in [0.3, 0.4) is 0 Å². The second-order valence-corrected chi connectivity index (χ2v) is 2.55. The van der Waals surface area contributed by atoms with E-state index in [0.717, 1.165) is 5.75 Å². The molecule has 1 rings (SSSR count). The number of thioether (sulfide) groups is 1. The summed E-state index contributed by atoms with van der Waals surface area (Å²) in [6, 6.07) is 0. The maximum atomic E-state index is 7.25. The molecular formula is C5H9BrN2S. The van der Waals surface area contributed by atoms with Gasteiger partial charge in [0.25, 0.3) is 0 Å². The van der Waals surface area contributed by atoms with Crippen LogP contribution in [0, 0.1) is 5.41 Å². The Morgan fingerprint density at radius 3 is 2.78 bits per heavy atom. The third-order valence-corrected chi connectivity index (χ3v) is 1.78. The molecule has 1 heterocycles. The summed E-state index contributed by atoms with van der Waals surface area (Å²) in [5, 5.41) is 9.25. The number of rotatable bonds is 0. The zero-order chi connectivity index (χ0) is 5.98. The molecule has 0 amide bonds. The predicted molar refractivity (Wildman–Crippen MR) is 47.4 cm³/mol. The van der Waals surface area contributed by atoms with Crippen LogP contribution in [0.15, 0.2) is 11.6 Å². The molecule has 0 atom stereocenters. The SMILES string of the molecule is Br.CN1C=CSCC1=N. The lowest BCUT2D eigenvalue weighted by Gasteiger charge is -2.17. The van der Waals surface area contributed by atoms with Gasteiger partial charge in [0, 0.05) is 13.2 Å². The Kier molecular flexibility index (Phi) is 3.97. The third kappa shape index (κ3) is 2.41. The molecule has 0 radical (unpaired) electrons. The van der Waals surface area contributed by atoms with Crippen molar-refractivity contribution >= 4 is 34.6 Å². The van der Waals surface area contributed by atoms with Crippen molar-refractivity contribution in [3.8, 4) is 0 Å². The van der Waals surface area contributed by atoms with E-state index < -0.39 is 0 Å². The minimum atomic E-state index is 0. The lowest BCUT2D eigenvalue weighted by atomic mass is 10.6. The summed E-state index contributed by atoms with van der Waals surface area (Å²) in [5.74, 6) is 1.49. The Labute approximate surface area is 69.6 Å². The van der Waals surface area contributed by atoms with Crippen molar-refractivity contribution in [2.24, 2.45) is 0 Å². The van der Waals surface area contributed by atoms with Crippen LogP contribution in [-0.2, 0) is 0 Å². The smallest absolute Gasteiger partial charge is 0.110 e. The first-order valence-electron chi connectivity index (χ1n) is 2.39. The lowest BCUT2D eigenvalue weighted by Crippen LogP contribution is -2.23. The normalized spacial score (nSPS) is 17.4. The highest BCUT2D eigenvalue weighted by Gasteiger charge is 2.03. The van der Waals surface area contributed by atoms with Crippen molar-refractivity contribution in [3.63, 3.8) is 0 Å². The van der Waals surface area contributed by atoms with Gasteiger partial charge in [0.1, 0.15) is 5.84 Å². The fourth-order valence-corrected chi connectivity index (χ4v) is 1.18. The van der Waals surface area contributed by atoms with Gasteiger partial charge in [0.2, 0.25) is 0 Å². The van der Waals surface area contributed by atoms with Crippen molar-refractivity contribution in [1.82, 2.24) is 4.90 Å². The standard InChI is InChI=1S/C5H8N2S.BrH/c1-7-2-3-8-4-5(7)6;/h2-3,6H,4H2,1H3;1H. The quantitative estimate of drug-likeness (QED) is 0.657. The molecule has 1 N–H and O–H groups in total. The van der Waals surface area contributed by atoms with Crippen LogP contribution in [0.4, 0.5) is 0 Å². The van der Waals surface area contributed by atoms with Crippen LogP contribution in [0.25, 0.3) is 0 Å². The van der Waals surface area contributed by atoms with E-state index in [1.165, 1.54) is 0 Å². The van der Waals surface area contributed by atoms with Gasteiger partial charge in [-0.05, 0) is 5.41 Å². The van der Waals surface area contributed by atoms with Gasteiger partial charge in [-0.25, -0.2) is 0 Å². The summed E-state index contributed by atoms with van der Waals surface area (Å²) in [7, 11) is 1.89. The van der Waals surface area contributed by atoms with Gasteiger partial charge < -0.3 is 4.90 Å². The minimum Gasteiger partial charge on any atom is -0.339 e. The van der Waals surface area contributed by atoms with Gasteiger partial charge in [-0.3, -0.25) is 5.41 Å². The van der Waals surface area contributed by atoms with Crippen molar-refractivity contribution < 1.29 is 0 Å². The van der Waals surface area contributed by atoms with E-state index in [2.05, 4.69) is 0 Å². The largest absolute Gasteiger partial charge is 0.339 e. The number of nitrogens with zero attached hydrogens (tertiary/aromatic N) is 1. The van der Waals surface area contributed by atoms with Gasteiger partial charge in [0.05, 0.1) is 5.75 Å². The highest BCUT2D eigenvalue weighted by molar-refractivity contribution is 8.93. The van der Waals surface area contributed by atoms with Crippen molar-refractivity contribution in [2.45, 2.75) is 0 Å². The molecule has 1 aliphatic rings. The van der Waals surface area contributed by atoms with E-state index in [1.54, 1.807) is 11.8 Å². The number of nitrogens with one attached hydrogen (secondary N) is 1. The predicted octanol–water partition coefficient (Wildman–Crippen LogP) is 1.69. The van der Waals surface area contributed by atoms with Crippen molar-refractivity contribution in [3.05, 3.63) is 11.6 Å².